The van der Waals surface area contributed by atoms with Crippen LogP contribution in [0, 0.1) is 11.8 Å². The monoisotopic (exact) mass is 584 g/mol. The number of carbonyl (C=O) groups excluding carboxylic acids is 4. The van der Waals surface area contributed by atoms with Crippen molar-refractivity contribution >= 4 is 41.2 Å². The fourth-order valence-corrected chi connectivity index (χ4v) is 6.74. The SMILES string of the molecule is COC(=O)c1ccccc1N1C(=O)[C@@H]2[C@H](C1=O)[C@@H](C(=O)OC(c1ccccc1)c1ccccc1)N1c3ccccc3C=C[C@@H]21. The average Bonchev–Trinajstić information content (AvgIpc) is 3.56. The molecule has 2 saturated heterocycles. The number of para-hydroxylation sites is 2. The molecule has 0 unspecified atom stereocenters. The Morgan fingerprint density at radius 3 is 1.93 bits per heavy atom. The van der Waals surface area contributed by atoms with E-state index in [4.69, 9.17) is 9.47 Å². The van der Waals surface area contributed by atoms with E-state index in [1.165, 1.54) is 13.2 Å². The summed E-state index contributed by atoms with van der Waals surface area (Å²) in [7, 11) is 1.24. The Balaban J connectivity index is 1.33. The first kappa shape index (κ1) is 27.3. The molecular formula is C36H28N2O6. The molecule has 0 aliphatic carbocycles. The van der Waals surface area contributed by atoms with Gasteiger partial charge in [0.15, 0.2) is 6.10 Å². The van der Waals surface area contributed by atoms with Gasteiger partial charge < -0.3 is 14.4 Å². The zero-order chi connectivity index (χ0) is 30.4. The molecule has 4 atom stereocenters. The maximum absolute atomic E-state index is 14.5. The lowest BCUT2D eigenvalue weighted by molar-refractivity contribution is -0.151. The Hall–Kier alpha value is -5.50. The minimum absolute atomic E-state index is 0.0883. The second-order valence-electron chi connectivity index (χ2n) is 11.0. The number of hydrogen-bond donors (Lipinski definition) is 0. The third-order valence-electron chi connectivity index (χ3n) is 8.65. The molecule has 44 heavy (non-hydrogen) atoms. The van der Waals surface area contributed by atoms with Gasteiger partial charge in [-0.2, -0.15) is 0 Å². The van der Waals surface area contributed by atoms with E-state index >= 15 is 0 Å². The molecule has 0 spiro atoms. The van der Waals surface area contributed by atoms with Crippen molar-refractivity contribution in [1.29, 1.82) is 0 Å². The highest BCUT2D eigenvalue weighted by molar-refractivity contribution is 6.26. The number of nitrogens with zero attached hydrogens (tertiary/aromatic N) is 2. The van der Waals surface area contributed by atoms with E-state index in [9.17, 15) is 19.2 Å². The topological polar surface area (TPSA) is 93.2 Å². The molecule has 3 aliphatic rings. The predicted octanol–water partition coefficient (Wildman–Crippen LogP) is 5.20. The van der Waals surface area contributed by atoms with Crippen LogP contribution in [0.3, 0.4) is 0 Å². The molecular weight excluding hydrogens is 556 g/mol. The third-order valence-corrected chi connectivity index (χ3v) is 8.65. The van der Waals surface area contributed by atoms with Crippen molar-refractivity contribution in [3.05, 3.63) is 138 Å². The van der Waals surface area contributed by atoms with Crippen molar-refractivity contribution in [2.24, 2.45) is 11.8 Å². The first-order chi connectivity index (χ1) is 21.5. The summed E-state index contributed by atoms with van der Waals surface area (Å²) in [5, 5.41) is 0. The number of anilines is 2. The Bertz CT molecular complexity index is 1760. The molecule has 218 valence electrons. The van der Waals surface area contributed by atoms with E-state index in [0.29, 0.717) is 0 Å². The van der Waals surface area contributed by atoms with Crippen molar-refractivity contribution in [2.45, 2.75) is 18.2 Å². The molecule has 3 heterocycles. The lowest BCUT2D eigenvalue weighted by atomic mass is 9.88. The van der Waals surface area contributed by atoms with Gasteiger partial charge in [-0.1, -0.05) is 103 Å². The van der Waals surface area contributed by atoms with Crippen LogP contribution in [0.4, 0.5) is 11.4 Å². The second kappa shape index (κ2) is 11.0. The second-order valence-corrected chi connectivity index (χ2v) is 11.0. The standard InChI is InChI=1S/C36H28N2O6/c1-43-35(41)25-17-9-11-19-27(25)38-33(39)29-28-21-20-22-12-8-10-18-26(22)37(28)31(30(29)34(38)40)36(42)44-32(23-13-4-2-5-14-23)24-15-6-3-7-16-24/h2-21,28-32H,1H3/t28-,29-,30-,31-/m0/s1. The normalized spacial score (nSPS) is 21.6. The summed E-state index contributed by atoms with van der Waals surface area (Å²) in [6.45, 7) is 0. The summed E-state index contributed by atoms with van der Waals surface area (Å²) in [4.78, 5) is 58.6. The molecule has 2 amide bonds. The maximum Gasteiger partial charge on any atom is 0.339 e. The van der Waals surface area contributed by atoms with Gasteiger partial charge in [-0.25, -0.2) is 14.5 Å². The van der Waals surface area contributed by atoms with Gasteiger partial charge in [-0.05, 0) is 34.9 Å². The molecule has 0 aromatic heterocycles. The molecule has 0 radical (unpaired) electrons. The highest BCUT2D eigenvalue weighted by atomic mass is 16.5. The van der Waals surface area contributed by atoms with E-state index in [0.717, 1.165) is 27.3 Å². The average molecular weight is 585 g/mol. The van der Waals surface area contributed by atoms with Crippen LogP contribution < -0.4 is 9.80 Å². The smallest absolute Gasteiger partial charge is 0.339 e. The number of ether oxygens (including phenoxy) is 2. The van der Waals surface area contributed by atoms with Gasteiger partial charge in [0.05, 0.1) is 36.2 Å². The largest absolute Gasteiger partial charge is 0.465 e. The predicted molar refractivity (Wildman–Crippen MR) is 164 cm³/mol. The van der Waals surface area contributed by atoms with Crippen LogP contribution in [0.1, 0.15) is 33.2 Å². The highest BCUT2D eigenvalue weighted by Crippen LogP contribution is 2.50. The van der Waals surface area contributed by atoms with Crippen LogP contribution in [-0.2, 0) is 23.9 Å². The van der Waals surface area contributed by atoms with Gasteiger partial charge in [0.1, 0.15) is 6.04 Å². The molecule has 0 N–H and O–H groups in total. The minimum atomic E-state index is -1.10. The number of carbonyl (C=O) groups is 4. The summed E-state index contributed by atoms with van der Waals surface area (Å²) in [6, 6.07) is 31.1. The fraction of sp³-hybridized carbons (Fsp3) is 0.167. The van der Waals surface area contributed by atoms with Crippen LogP contribution >= 0.6 is 0 Å². The number of rotatable bonds is 6. The van der Waals surface area contributed by atoms with E-state index in [1.807, 2.05) is 102 Å². The molecule has 0 saturated carbocycles. The van der Waals surface area contributed by atoms with Crippen LogP contribution in [0.2, 0.25) is 0 Å². The third kappa shape index (κ3) is 4.29. The number of amides is 2. The van der Waals surface area contributed by atoms with Crippen LogP contribution in [0.5, 0.6) is 0 Å². The summed E-state index contributed by atoms with van der Waals surface area (Å²) in [5.41, 5.74) is 3.39. The quantitative estimate of drug-likeness (QED) is 0.227. The Kier molecular flexibility index (Phi) is 6.81. The zero-order valence-electron chi connectivity index (χ0n) is 23.8. The Morgan fingerprint density at radius 1 is 0.705 bits per heavy atom. The van der Waals surface area contributed by atoms with E-state index in [1.54, 1.807) is 18.2 Å². The molecule has 4 aromatic rings. The van der Waals surface area contributed by atoms with E-state index in [-0.39, 0.29) is 11.3 Å². The van der Waals surface area contributed by atoms with Crippen molar-refractivity contribution in [1.82, 2.24) is 0 Å². The molecule has 7 rings (SSSR count). The molecule has 2 fully saturated rings. The summed E-state index contributed by atoms with van der Waals surface area (Å²) in [5.74, 6) is -4.25. The van der Waals surface area contributed by atoms with Crippen LogP contribution in [-0.4, -0.2) is 42.9 Å². The van der Waals surface area contributed by atoms with Gasteiger partial charge >= 0.3 is 11.9 Å². The molecule has 3 aliphatic heterocycles. The zero-order valence-corrected chi connectivity index (χ0v) is 23.8. The van der Waals surface area contributed by atoms with Crippen LogP contribution in [0.15, 0.2) is 115 Å². The lowest BCUT2D eigenvalue weighted by Gasteiger charge is -2.36. The maximum atomic E-state index is 14.5. The van der Waals surface area contributed by atoms with Gasteiger partial charge in [0, 0.05) is 5.69 Å². The minimum Gasteiger partial charge on any atom is -0.465 e. The highest BCUT2D eigenvalue weighted by Gasteiger charge is 2.65. The van der Waals surface area contributed by atoms with Crippen LogP contribution in [0.25, 0.3) is 6.08 Å². The lowest BCUT2D eigenvalue weighted by Crippen LogP contribution is -2.49. The number of benzene rings is 4. The number of methoxy groups -OCH3 is 1. The summed E-state index contributed by atoms with van der Waals surface area (Å²) in [6.07, 6.45) is 3.06. The Labute approximate surface area is 254 Å². The van der Waals surface area contributed by atoms with Crippen molar-refractivity contribution < 1.29 is 28.7 Å². The first-order valence-corrected chi connectivity index (χ1v) is 14.4. The molecule has 8 heteroatoms. The summed E-state index contributed by atoms with van der Waals surface area (Å²) < 4.78 is 11.3. The van der Waals surface area contributed by atoms with E-state index in [2.05, 4.69) is 0 Å². The van der Waals surface area contributed by atoms with Gasteiger partial charge in [-0.15, -0.1) is 0 Å². The Morgan fingerprint density at radius 2 is 1.27 bits per heavy atom. The van der Waals surface area contributed by atoms with Gasteiger partial charge in [0.2, 0.25) is 11.8 Å². The van der Waals surface area contributed by atoms with Crippen molar-refractivity contribution in [3.8, 4) is 0 Å². The van der Waals surface area contributed by atoms with Crippen molar-refractivity contribution in [2.75, 3.05) is 16.9 Å². The number of esters is 2. The van der Waals surface area contributed by atoms with Crippen molar-refractivity contribution in [3.63, 3.8) is 0 Å². The fourth-order valence-electron chi connectivity index (χ4n) is 6.74. The van der Waals surface area contributed by atoms with Gasteiger partial charge in [-0.3, -0.25) is 9.59 Å². The number of imide groups is 1. The molecule has 8 nitrogen and oxygen atoms in total. The molecule has 0 bridgehead atoms. The number of hydrogen-bond acceptors (Lipinski definition) is 7. The molecule has 4 aromatic carbocycles. The van der Waals surface area contributed by atoms with Gasteiger partial charge in [0.25, 0.3) is 0 Å². The van der Waals surface area contributed by atoms with E-state index < -0.39 is 53.8 Å². The first-order valence-electron chi connectivity index (χ1n) is 14.4. The summed E-state index contributed by atoms with van der Waals surface area (Å²) >= 11 is 0. The number of fused-ring (bicyclic) bond motifs is 5.